The lowest BCUT2D eigenvalue weighted by molar-refractivity contribution is 1.16. The van der Waals surface area contributed by atoms with Crippen LogP contribution in [0.5, 0.6) is 0 Å². The average molecular weight is 316 g/mol. The van der Waals surface area contributed by atoms with Crippen LogP contribution in [0.2, 0.25) is 0 Å². The molecule has 0 spiro atoms. The van der Waals surface area contributed by atoms with Crippen molar-refractivity contribution < 1.29 is 0 Å². The molecular weight excluding hydrogens is 292 g/mol. The summed E-state index contributed by atoms with van der Waals surface area (Å²) in [5.74, 6) is 0. The van der Waals surface area contributed by atoms with Gasteiger partial charge in [-0.25, -0.2) is 0 Å². The summed E-state index contributed by atoms with van der Waals surface area (Å²) in [6, 6.07) is 4.46. The number of nitrogens with zero attached hydrogens (tertiary/aromatic N) is 2. The van der Waals surface area contributed by atoms with E-state index in [1.807, 2.05) is 13.8 Å². The van der Waals surface area contributed by atoms with E-state index in [9.17, 15) is 10.5 Å². The fourth-order valence-corrected chi connectivity index (χ4v) is 3.69. The van der Waals surface area contributed by atoms with Crippen LogP contribution in [0.4, 0.5) is 0 Å². The van der Waals surface area contributed by atoms with Crippen LogP contribution in [-0.4, -0.2) is 0 Å². The summed E-state index contributed by atoms with van der Waals surface area (Å²) in [7, 11) is 0. The maximum atomic E-state index is 9.61. The zero-order valence-corrected chi connectivity index (χ0v) is 15.9. The van der Waals surface area contributed by atoms with Gasteiger partial charge in [0, 0.05) is 0 Å². The molecule has 0 N–H and O–H groups in total. The highest BCUT2D eigenvalue weighted by Gasteiger charge is 2.22. The van der Waals surface area contributed by atoms with E-state index in [1.165, 1.54) is 33.4 Å². The summed E-state index contributed by atoms with van der Waals surface area (Å²) in [6.07, 6.45) is 0. The van der Waals surface area contributed by atoms with E-state index in [-0.39, 0.29) is 0 Å². The van der Waals surface area contributed by atoms with Gasteiger partial charge in [-0.2, -0.15) is 10.5 Å². The van der Waals surface area contributed by atoms with Crippen molar-refractivity contribution >= 4 is 0 Å². The number of rotatable bonds is 1. The van der Waals surface area contributed by atoms with Gasteiger partial charge in [0.2, 0.25) is 0 Å². The lowest BCUT2D eigenvalue weighted by Gasteiger charge is -2.23. The van der Waals surface area contributed by atoms with Crippen molar-refractivity contribution in [3.8, 4) is 23.3 Å². The lowest BCUT2D eigenvalue weighted by Crippen LogP contribution is -2.06. The SMILES string of the molecule is Cc1c(C)c(C)c(-c2c(C)c(C)c(C#N)c(C#N)c2C)c(C)c1C. The van der Waals surface area contributed by atoms with Crippen molar-refractivity contribution in [1.82, 2.24) is 0 Å². The minimum atomic E-state index is 0.505. The second-order valence-corrected chi connectivity index (χ2v) is 6.72. The molecule has 0 saturated carbocycles. The van der Waals surface area contributed by atoms with Crippen LogP contribution >= 0.6 is 0 Å². The van der Waals surface area contributed by atoms with Crippen LogP contribution in [0.15, 0.2) is 0 Å². The molecule has 0 fully saturated rings. The summed E-state index contributed by atoms with van der Waals surface area (Å²) in [4.78, 5) is 0. The second-order valence-electron chi connectivity index (χ2n) is 6.72. The topological polar surface area (TPSA) is 47.6 Å². The standard InChI is InChI=1S/C22H24N2/c1-11-12(2)15(5)21(16(6)13(11)3)22-17(7)14(4)19(9-23)20(10-24)18(22)8/h1-8H3. The quantitative estimate of drug-likeness (QED) is 0.691. The van der Waals surface area contributed by atoms with E-state index >= 15 is 0 Å². The maximum absolute atomic E-state index is 9.61. The van der Waals surface area contributed by atoms with Crippen LogP contribution in [0.3, 0.4) is 0 Å². The van der Waals surface area contributed by atoms with Crippen LogP contribution in [-0.2, 0) is 0 Å². The molecule has 2 aromatic carbocycles. The zero-order chi connectivity index (χ0) is 18.3. The van der Waals surface area contributed by atoms with Gasteiger partial charge >= 0.3 is 0 Å². The Morgan fingerprint density at radius 1 is 0.417 bits per heavy atom. The van der Waals surface area contributed by atoms with Gasteiger partial charge in [-0.3, -0.25) is 0 Å². The molecule has 0 unspecified atom stereocenters. The predicted molar refractivity (Wildman–Crippen MR) is 99.2 cm³/mol. The van der Waals surface area contributed by atoms with Crippen molar-refractivity contribution in [2.45, 2.75) is 55.4 Å². The molecule has 0 amide bonds. The Morgan fingerprint density at radius 3 is 1.12 bits per heavy atom. The third-order valence-corrected chi connectivity index (χ3v) is 5.79. The van der Waals surface area contributed by atoms with Gasteiger partial charge in [-0.05, 0) is 111 Å². The molecule has 24 heavy (non-hydrogen) atoms. The highest BCUT2D eigenvalue weighted by molar-refractivity contribution is 5.83. The van der Waals surface area contributed by atoms with Crippen molar-refractivity contribution in [1.29, 1.82) is 10.5 Å². The molecular formula is C22H24N2. The average Bonchev–Trinajstić information content (AvgIpc) is 2.57. The maximum Gasteiger partial charge on any atom is 0.101 e. The first-order chi connectivity index (χ1) is 11.2. The molecule has 0 aliphatic rings. The van der Waals surface area contributed by atoms with Gasteiger partial charge in [-0.1, -0.05) is 0 Å². The molecule has 0 heterocycles. The number of benzene rings is 2. The fraction of sp³-hybridized carbons (Fsp3) is 0.364. The Balaban J connectivity index is 3.10. The monoisotopic (exact) mass is 316 g/mol. The third kappa shape index (κ3) is 2.31. The van der Waals surface area contributed by atoms with Crippen molar-refractivity contribution in [2.75, 3.05) is 0 Å². The van der Waals surface area contributed by atoms with Gasteiger partial charge in [0.25, 0.3) is 0 Å². The first-order valence-corrected chi connectivity index (χ1v) is 8.20. The van der Waals surface area contributed by atoms with E-state index < -0.39 is 0 Å². The summed E-state index contributed by atoms with van der Waals surface area (Å²) < 4.78 is 0. The van der Waals surface area contributed by atoms with Gasteiger partial charge < -0.3 is 0 Å². The Hall–Kier alpha value is -2.58. The number of hydrogen-bond donors (Lipinski definition) is 0. The minimum Gasteiger partial charge on any atom is -0.192 e. The van der Waals surface area contributed by atoms with Crippen LogP contribution in [0.1, 0.15) is 55.6 Å². The Kier molecular flexibility index (Phi) is 4.54. The van der Waals surface area contributed by atoms with E-state index in [2.05, 4.69) is 53.7 Å². The lowest BCUT2D eigenvalue weighted by atomic mass is 9.80. The predicted octanol–water partition coefficient (Wildman–Crippen LogP) is 5.56. The van der Waals surface area contributed by atoms with Gasteiger partial charge in [0.1, 0.15) is 12.1 Å². The molecule has 0 aromatic heterocycles. The van der Waals surface area contributed by atoms with Gasteiger partial charge in [0.05, 0.1) is 11.1 Å². The second kappa shape index (κ2) is 6.14. The van der Waals surface area contributed by atoms with Crippen molar-refractivity contribution in [3.05, 3.63) is 55.6 Å². The van der Waals surface area contributed by atoms with Crippen molar-refractivity contribution in [2.24, 2.45) is 0 Å². The summed E-state index contributed by atoms with van der Waals surface area (Å²) in [5.41, 5.74) is 12.7. The largest absolute Gasteiger partial charge is 0.192 e. The summed E-state index contributed by atoms with van der Waals surface area (Å²) in [6.45, 7) is 16.8. The van der Waals surface area contributed by atoms with Crippen LogP contribution < -0.4 is 0 Å². The molecule has 0 atom stereocenters. The molecule has 2 nitrogen and oxygen atoms in total. The van der Waals surface area contributed by atoms with Crippen LogP contribution in [0.25, 0.3) is 11.1 Å². The first kappa shape index (κ1) is 17.8. The Labute approximate surface area is 145 Å². The Morgan fingerprint density at radius 2 is 0.708 bits per heavy atom. The van der Waals surface area contributed by atoms with Crippen molar-refractivity contribution in [3.63, 3.8) is 0 Å². The molecule has 0 aliphatic carbocycles. The van der Waals surface area contributed by atoms with E-state index in [0.29, 0.717) is 11.1 Å². The molecule has 2 aromatic rings. The fourth-order valence-electron chi connectivity index (χ4n) is 3.69. The van der Waals surface area contributed by atoms with Gasteiger partial charge in [-0.15, -0.1) is 0 Å². The number of nitriles is 2. The zero-order valence-electron chi connectivity index (χ0n) is 15.9. The third-order valence-electron chi connectivity index (χ3n) is 5.79. The van der Waals surface area contributed by atoms with E-state index in [1.54, 1.807) is 0 Å². The summed E-state index contributed by atoms with van der Waals surface area (Å²) in [5, 5.41) is 19.1. The highest BCUT2D eigenvalue weighted by Crippen LogP contribution is 2.40. The first-order valence-electron chi connectivity index (χ1n) is 8.20. The molecule has 0 bridgehead atoms. The normalized spacial score (nSPS) is 10.4. The van der Waals surface area contributed by atoms with E-state index in [4.69, 9.17) is 0 Å². The van der Waals surface area contributed by atoms with Gasteiger partial charge in [0.15, 0.2) is 0 Å². The highest BCUT2D eigenvalue weighted by atomic mass is 14.3. The Bertz CT molecular complexity index is 919. The molecule has 0 saturated heterocycles. The molecule has 2 rings (SSSR count). The molecule has 0 aliphatic heterocycles. The smallest absolute Gasteiger partial charge is 0.101 e. The summed E-state index contributed by atoms with van der Waals surface area (Å²) >= 11 is 0. The molecule has 2 heteroatoms. The molecule has 122 valence electrons. The van der Waals surface area contributed by atoms with Crippen LogP contribution in [0, 0.1) is 78.1 Å². The minimum absolute atomic E-state index is 0.505. The van der Waals surface area contributed by atoms with E-state index in [0.717, 1.165) is 22.3 Å². The molecule has 0 radical (unpaired) electrons. The number of hydrogen-bond acceptors (Lipinski definition) is 2.